The van der Waals surface area contributed by atoms with Crippen molar-refractivity contribution in [2.24, 2.45) is 5.92 Å². The van der Waals surface area contributed by atoms with Crippen LogP contribution in [0, 0.1) is 17.8 Å². The van der Waals surface area contributed by atoms with E-state index in [2.05, 4.69) is 25.3 Å². The molecule has 1 aliphatic carbocycles. The summed E-state index contributed by atoms with van der Waals surface area (Å²) in [6.45, 7) is 8.53. The lowest BCUT2D eigenvalue weighted by Crippen LogP contribution is -2.27. The summed E-state index contributed by atoms with van der Waals surface area (Å²) in [6, 6.07) is 10.7. The van der Waals surface area contributed by atoms with Crippen molar-refractivity contribution in [3.05, 3.63) is 59.5 Å². The van der Waals surface area contributed by atoms with Gasteiger partial charge in [0.15, 0.2) is 5.06 Å². The molecule has 1 fully saturated rings. The van der Waals surface area contributed by atoms with E-state index in [1.165, 1.54) is 43.1 Å². The first-order chi connectivity index (χ1) is 24.5. The summed E-state index contributed by atoms with van der Waals surface area (Å²) in [5.41, 5.74) is 0.914. The maximum atomic E-state index is 12.9. The molecule has 0 unspecified atom stereocenters. The number of ketones is 1. The van der Waals surface area contributed by atoms with Crippen molar-refractivity contribution in [3.63, 3.8) is 0 Å². The molecule has 0 atom stereocenters. The highest BCUT2D eigenvalue weighted by molar-refractivity contribution is 7.14. The molecule has 0 spiro atoms. The Morgan fingerprint density at radius 1 is 0.800 bits per heavy atom. The van der Waals surface area contributed by atoms with E-state index < -0.39 is 5.97 Å². The number of thiophene rings is 1. The number of carbonyl (C=O) groups excluding carboxylic acids is 3. The number of Topliss-reactive ketones (excluding diaryl/α,β-unsaturated/α-hetero) is 1. The standard InChI is InChI=1S/C41H56O8S/c1-3-5-6-9-13-28-46-35-21-17-34(18-22-35)38(42)32-33-15-19-36(20-16-33)49-40(44)25-23-37-24-26-41(50-37)48-31-30-45-27-12-10-7-8-11-14-29-47-39(43)4-2/h4,15-16,19-20,24,26,34-35H,2-3,5-14,17-18,21-22,27-32H2,1H3. The van der Waals surface area contributed by atoms with E-state index in [4.69, 9.17) is 23.7 Å². The maximum Gasteiger partial charge on any atom is 0.390 e. The minimum absolute atomic E-state index is 0.0931. The highest BCUT2D eigenvalue weighted by Gasteiger charge is 2.26. The van der Waals surface area contributed by atoms with Gasteiger partial charge in [-0.15, -0.1) is 0 Å². The van der Waals surface area contributed by atoms with E-state index >= 15 is 0 Å². The fraction of sp³-hybridized carbons (Fsp3) is 0.585. The predicted molar refractivity (Wildman–Crippen MR) is 198 cm³/mol. The van der Waals surface area contributed by atoms with Crippen molar-refractivity contribution < 1.29 is 38.1 Å². The molecule has 50 heavy (non-hydrogen) atoms. The molecule has 0 amide bonds. The molecule has 1 saturated carbocycles. The molecule has 2 aromatic rings. The Labute approximate surface area is 303 Å². The van der Waals surface area contributed by atoms with Crippen molar-refractivity contribution in [3.8, 4) is 22.7 Å². The lowest BCUT2D eigenvalue weighted by molar-refractivity contribution is -0.138. The van der Waals surface area contributed by atoms with Crippen LogP contribution in [-0.4, -0.2) is 56.9 Å². The Morgan fingerprint density at radius 2 is 1.48 bits per heavy atom. The van der Waals surface area contributed by atoms with Gasteiger partial charge in [-0.05, 0) is 80.7 Å². The van der Waals surface area contributed by atoms with Crippen molar-refractivity contribution in [1.82, 2.24) is 0 Å². The van der Waals surface area contributed by atoms with Crippen LogP contribution in [0.25, 0.3) is 0 Å². The Morgan fingerprint density at radius 3 is 2.20 bits per heavy atom. The Bertz CT molecular complexity index is 1330. The molecule has 1 aromatic carbocycles. The zero-order chi connectivity index (χ0) is 35.7. The predicted octanol–water partition coefficient (Wildman–Crippen LogP) is 8.83. The number of hydrogen-bond donors (Lipinski definition) is 0. The number of benzene rings is 1. The van der Waals surface area contributed by atoms with Crippen LogP contribution in [0.5, 0.6) is 10.8 Å². The van der Waals surface area contributed by atoms with Gasteiger partial charge in [-0.25, -0.2) is 9.59 Å². The van der Waals surface area contributed by atoms with Crippen molar-refractivity contribution in [2.75, 3.05) is 33.0 Å². The molecule has 0 aliphatic heterocycles. The summed E-state index contributed by atoms with van der Waals surface area (Å²) in [5.74, 6) is 5.12. The van der Waals surface area contributed by atoms with E-state index in [0.29, 0.717) is 54.6 Å². The van der Waals surface area contributed by atoms with Gasteiger partial charge in [0.1, 0.15) is 18.1 Å². The highest BCUT2D eigenvalue weighted by atomic mass is 32.1. The summed E-state index contributed by atoms with van der Waals surface area (Å²) in [4.78, 5) is 36.9. The fourth-order valence-corrected chi connectivity index (χ4v) is 6.52. The molecule has 0 bridgehead atoms. The largest absolute Gasteiger partial charge is 0.482 e. The number of unbranched alkanes of at least 4 members (excludes halogenated alkanes) is 9. The monoisotopic (exact) mass is 708 g/mol. The normalized spacial score (nSPS) is 15.5. The summed E-state index contributed by atoms with van der Waals surface area (Å²) < 4.78 is 27.8. The second-order valence-electron chi connectivity index (χ2n) is 12.8. The molecule has 1 heterocycles. The van der Waals surface area contributed by atoms with Crippen LogP contribution < -0.4 is 9.47 Å². The summed E-state index contributed by atoms with van der Waals surface area (Å²) in [6.07, 6.45) is 18.0. The molecule has 3 rings (SSSR count). The first-order valence-electron chi connectivity index (χ1n) is 18.5. The molecule has 1 aromatic heterocycles. The molecule has 0 saturated heterocycles. The van der Waals surface area contributed by atoms with Gasteiger partial charge in [0.05, 0.1) is 24.2 Å². The topological polar surface area (TPSA) is 97.4 Å². The minimum atomic E-state index is -0.646. The van der Waals surface area contributed by atoms with Gasteiger partial charge in [-0.1, -0.05) is 88.3 Å². The zero-order valence-electron chi connectivity index (χ0n) is 29.9. The van der Waals surface area contributed by atoms with Crippen LogP contribution in [0.4, 0.5) is 0 Å². The second-order valence-corrected chi connectivity index (χ2v) is 13.8. The van der Waals surface area contributed by atoms with Crippen molar-refractivity contribution in [1.29, 1.82) is 0 Å². The SMILES string of the molecule is C=CC(=O)OCCCCCCCCOCCOc1ccc(C#CC(=O)Oc2ccc(CC(=O)C3CCC(OCCCCCCC)CC3)cc2)s1. The average Bonchev–Trinajstić information content (AvgIpc) is 3.59. The second kappa shape index (κ2) is 25.5. The molecule has 8 nitrogen and oxygen atoms in total. The number of carbonyl (C=O) groups is 3. The van der Waals surface area contributed by atoms with Gasteiger partial charge in [0.25, 0.3) is 0 Å². The van der Waals surface area contributed by atoms with E-state index in [1.54, 1.807) is 12.1 Å². The highest BCUT2D eigenvalue weighted by Crippen LogP contribution is 2.28. The Kier molecular flexibility index (Phi) is 20.9. The molecule has 9 heteroatoms. The van der Waals surface area contributed by atoms with Crippen LogP contribution >= 0.6 is 11.3 Å². The van der Waals surface area contributed by atoms with E-state index in [1.807, 2.05) is 24.3 Å². The van der Waals surface area contributed by atoms with Crippen LogP contribution in [0.15, 0.2) is 49.1 Å². The molecule has 0 radical (unpaired) electrons. The molecule has 0 N–H and O–H groups in total. The molecule has 1 aliphatic rings. The van der Waals surface area contributed by atoms with Crippen LogP contribution in [-0.2, 0) is 35.0 Å². The molecular formula is C41H56O8S. The van der Waals surface area contributed by atoms with Crippen molar-refractivity contribution in [2.45, 2.75) is 116 Å². The van der Waals surface area contributed by atoms with E-state index in [0.717, 1.165) is 82.8 Å². The Balaban J connectivity index is 1.22. The third-order valence-corrected chi connectivity index (χ3v) is 9.59. The van der Waals surface area contributed by atoms with Gasteiger partial charge >= 0.3 is 11.9 Å². The minimum Gasteiger partial charge on any atom is -0.482 e. The van der Waals surface area contributed by atoms with Crippen LogP contribution in [0.2, 0.25) is 0 Å². The van der Waals surface area contributed by atoms with Crippen molar-refractivity contribution >= 4 is 29.1 Å². The number of ether oxygens (including phenoxy) is 5. The first kappa shape index (κ1) is 41.0. The molecule has 274 valence electrons. The zero-order valence-corrected chi connectivity index (χ0v) is 30.7. The summed E-state index contributed by atoms with van der Waals surface area (Å²) in [7, 11) is 0. The lowest BCUT2D eigenvalue weighted by Gasteiger charge is -2.27. The van der Waals surface area contributed by atoms with Gasteiger partial charge in [-0.2, -0.15) is 0 Å². The van der Waals surface area contributed by atoms with Crippen LogP contribution in [0.3, 0.4) is 0 Å². The van der Waals surface area contributed by atoms with E-state index in [9.17, 15) is 14.4 Å². The third kappa shape index (κ3) is 18.0. The average molecular weight is 709 g/mol. The quantitative estimate of drug-likeness (QED) is 0.0332. The summed E-state index contributed by atoms with van der Waals surface area (Å²) >= 11 is 1.36. The third-order valence-electron chi connectivity index (χ3n) is 8.68. The maximum absolute atomic E-state index is 12.9. The fourth-order valence-electron chi connectivity index (χ4n) is 5.79. The van der Waals surface area contributed by atoms with Gasteiger partial charge in [-0.3, -0.25) is 4.79 Å². The first-order valence-corrected chi connectivity index (χ1v) is 19.3. The Hall–Kier alpha value is -3.45. The number of esters is 2. The number of hydrogen-bond acceptors (Lipinski definition) is 9. The van der Waals surface area contributed by atoms with Crippen LogP contribution in [0.1, 0.15) is 114 Å². The van der Waals surface area contributed by atoms with E-state index in [-0.39, 0.29) is 17.7 Å². The molecular weight excluding hydrogens is 653 g/mol. The van der Waals surface area contributed by atoms with Gasteiger partial charge < -0.3 is 23.7 Å². The smallest absolute Gasteiger partial charge is 0.390 e. The van der Waals surface area contributed by atoms with Gasteiger partial charge in [0, 0.05) is 37.5 Å². The van der Waals surface area contributed by atoms with Gasteiger partial charge in [0.2, 0.25) is 0 Å². The summed E-state index contributed by atoms with van der Waals surface area (Å²) in [5, 5.41) is 0.713. The lowest BCUT2D eigenvalue weighted by atomic mass is 9.83. The number of rotatable bonds is 25.